The summed E-state index contributed by atoms with van der Waals surface area (Å²) in [6.07, 6.45) is 0. The summed E-state index contributed by atoms with van der Waals surface area (Å²) in [5, 5.41) is 0. The van der Waals surface area contributed by atoms with Crippen LogP contribution in [0.25, 0.3) is 0 Å². The molecule has 0 unspecified atom stereocenters. The Hall–Kier alpha value is 4.16. The van der Waals surface area contributed by atoms with Gasteiger partial charge >= 0.3 is 15.6 Å². The molecule has 0 atom stereocenters. The van der Waals surface area contributed by atoms with E-state index in [2.05, 4.69) is 4.31 Å². The van der Waals surface area contributed by atoms with Gasteiger partial charge in [-0.15, -0.1) is 0 Å². The van der Waals surface area contributed by atoms with Crippen molar-refractivity contribution in [1.82, 2.24) is 0 Å². The normalized spacial score (nSPS) is 10.3. The van der Waals surface area contributed by atoms with Crippen LogP contribution < -0.4 is 0 Å². The molecule has 0 saturated heterocycles. The first-order chi connectivity index (χ1) is 3.71. The maximum Gasteiger partial charge on any atom is 0.478 e. The summed E-state index contributed by atoms with van der Waals surface area (Å²) < 4.78 is 22.2. The predicted octanol–water partition coefficient (Wildman–Crippen LogP) is -1.58. The van der Waals surface area contributed by atoms with E-state index < -0.39 is 15.6 Å². The zero-order valence-corrected chi connectivity index (χ0v) is 17.6. The number of hydrogen-bond acceptors (Lipinski definition) is 3. The van der Waals surface area contributed by atoms with E-state index >= 15 is 0 Å². The predicted molar refractivity (Wildman–Crippen MR) is 36.7 cm³/mol. The molecule has 12 heteroatoms. The Kier molecular flexibility index (Phi) is 21.6. The first kappa shape index (κ1) is 25.1. The smallest absolute Gasteiger partial charge is 0.302 e. The van der Waals surface area contributed by atoms with Crippen molar-refractivity contribution < 1.29 is 52.5 Å². The summed E-state index contributed by atoms with van der Waals surface area (Å²) in [7, 11) is -10.1. The molecule has 0 saturated carbocycles. The van der Waals surface area contributed by atoms with Crippen LogP contribution in [0.3, 0.4) is 0 Å². The zero-order valence-electron chi connectivity index (χ0n) is 6.62. The summed E-state index contributed by atoms with van der Waals surface area (Å²) in [6, 6.07) is 0. The van der Waals surface area contributed by atoms with E-state index in [-0.39, 0.29) is 122 Å². The summed E-state index contributed by atoms with van der Waals surface area (Å²) in [5.41, 5.74) is 0. The Balaban J connectivity index is -0.000000107. The van der Waals surface area contributed by atoms with Gasteiger partial charge < -0.3 is 19.6 Å². The molecule has 0 spiro atoms. The van der Waals surface area contributed by atoms with Gasteiger partial charge in [0.2, 0.25) is 0 Å². The monoisotopic (exact) mass is 320 g/mol. The Morgan fingerprint density at radius 2 is 1.00 bits per heavy atom. The molecule has 12 heavy (non-hydrogen) atoms. The quantitative estimate of drug-likeness (QED) is 0.357. The van der Waals surface area contributed by atoms with E-state index in [9.17, 15) is 9.13 Å². The summed E-state index contributed by atoms with van der Waals surface area (Å²) in [4.78, 5) is 31.0. The molecule has 0 aromatic rings. The molecule has 2 radical (unpaired) electrons. The molecule has 0 aromatic carbocycles. The Bertz CT molecular complexity index is 160. The molecule has 0 bridgehead atoms. The molecule has 0 heterocycles. The van der Waals surface area contributed by atoms with Crippen LogP contribution in [0.5, 0.6) is 0 Å². The Labute approximate surface area is 166 Å². The standard InChI is InChI=1S/2K.H4O7P2.Zn/c;;1-8(2,3)7-9(4,5)6;/h;;(H2,1,2,3)(H2,4,5,6);. The van der Waals surface area contributed by atoms with Crippen LogP contribution in [0.1, 0.15) is 0 Å². The second-order valence-electron chi connectivity index (χ2n) is 1.06. The van der Waals surface area contributed by atoms with Gasteiger partial charge in [0.1, 0.15) is 0 Å². The van der Waals surface area contributed by atoms with E-state index in [1.165, 1.54) is 0 Å². The van der Waals surface area contributed by atoms with Crippen molar-refractivity contribution in [2.75, 3.05) is 0 Å². The van der Waals surface area contributed by atoms with Gasteiger partial charge in [0.25, 0.3) is 0 Å². The van der Waals surface area contributed by atoms with Gasteiger partial charge in [0, 0.05) is 122 Å². The fourth-order valence-electron chi connectivity index (χ4n) is 0.139. The third kappa shape index (κ3) is 23.8. The van der Waals surface area contributed by atoms with Crippen molar-refractivity contribution in [1.29, 1.82) is 0 Å². The van der Waals surface area contributed by atoms with E-state index in [0.29, 0.717) is 0 Å². The molecular formula is H4K2O7P2Zn. The zero-order chi connectivity index (χ0) is 7.71. The van der Waals surface area contributed by atoms with E-state index in [4.69, 9.17) is 19.6 Å². The third-order valence-electron chi connectivity index (χ3n) is 0.213. The molecule has 7 nitrogen and oxygen atoms in total. The fraction of sp³-hybridized carbons (Fsp3) is 0. The molecule has 0 aliphatic rings. The molecule has 4 N–H and O–H groups in total. The largest absolute Gasteiger partial charge is 0.478 e. The Morgan fingerprint density at radius 1 is 0.833 bits per heavy atom. The fourth-order valence-corrected chi connectivity index (χ4v) is 1.25. The van der Waals surface area contributed by atoms with Crippen LogP contribution in [0.15, 0.2) is 0 Å². The third-order valence-corrected chi connectivity index (χ3v) is 1.91. The topological polar surface area (TPSA) is 124 Å². The van der Waals surface area contributed by atoms with Gasteiger partial charge in [-0.05, 0) is 0 Å². The molecular weight excluding hydrogens is 318 g/mol. The molecule has 0 fully saturated rings. The van der Waals surface area contributed by atoms with E-state index in [1.54, 1.807) is 0 Å². The number of rotatable bonds is 2. The molecule has 0 aliphatic carbocycles. The van der Waals surface area contributed by atoms with Crippen molar-refractivity contribution in [2.24, 2.45) is 0 Å². The first-order valence-electron chi connectivity index (χ1n) is 1.53. The molecule has 0 aliphatic heterocycles. The van der Waals surface area contributed by atoms with Gasteiger partial charge in [-0.25, -0.2) is 9.13 Å². The molecule has 60 valence electrons. The summed E-state index contributed by atoms with van der Waals surface area (Å²) in [6.45, 7) is 0. The second-order valence-corrected chi connectivity index (χ2v) is 3.68. The van der Waals surface area contributed by atoms with E-state index in [1.807, 2.05) is 0 Å². The van der Waals surface area contributed by atoms with Crippen LogP contribution in [0.4, 0.5) is 0 Å². The minimum atomic E-state index is -5.05. The SMILES string of the molecule is O=P(O)(O)OP(=O)(O)O.[K].[K].[Zn]. The van der Waals surface area contributed by atoms with Crippen molar-refractivity contribution in [3.8, 4) is 0 Å². The van der Waals surface area contributed by atoms with Crippen LogP contribution in [-0.4, -0.2) is 122 Å². The first-order valence-corrected chi connectivity index (χ1v) is 4.59. The van der Waals surface area contributed by atoms with Crippen molar-refractivity contribution in [2.45, 2.75) is 0 Å². The van der Waals surface area contributed by atoms with Gasteiger partial charge in [0.15, 0.2) is 0 Å². The van der Waals surface area contributed by atoms with Gasteiger partial charge in [-0.2, -0.15) is 4.31 Å². The van der Waals surface area contributed by atoms with Crippen LogP contribution in [0, 0.1) is 0 Å². The van der Waals surface area contributed by atoms with Crippen molar-refractivity contribution >= 4 is 118 Å². The van der Waals surface area contributed by atoms with Gasteiger partial charge in [-0.1, -0.05) is 0 Å². The van der Waals surface area contributed by atoms with Gasteiger partial charge in [0.05, 0.1) is 0 Å². The summed E-state index contributed by atoms with van der Waals surface area (Å²) >= 11 is 0. The minimum Gasteiger partial charge on any atom is -0.302 e. The van der Waals surface area contributed by atoms with Crippen LogP contribution in [-0.2, 0) is 32.9 Å². The molecule has 0 rings (SSSR count). The van der Waals surface area contributed by atoms with Gasteiger partial charge in [-0.3, -0.25) is 0 Å². The summed E-state index contributed by atoms with van der Waals surface area (Å²) in [5.74, 6) is 0. The van der Waals surface area contributed by atoms with Crippen LogP contribution >= 0.6 is 15.6 Å². The maximum atomic E-state index is 9.63. The second kappa shape index (κ2) is 10.3. The molecule has 0 aromatic heterocycles. The van der Waals surface area contributed by atoms with Crippen molar-refractivity contribution in [3.63, 3.8) is 0 Å². The number of hydrogen-bond donors (Lipinski definition) is 4. The number of phosphoric acid groups is 2. The Morgan fingerprint density at radius 3 is 1.00 bits per heavy atom. The minimum absolute atomic E-state index is 0. The van der Waals surface area contributed by atoms with Crippen LogP contribution in [0.2, 0.25) is 0 Å². The average Bonchev–Trinajstić information content (AvgIpc) is 1.14. The molecule has 0 amide bonds. The van der Waals surface area contributed by atoms with E-state index in [0.717, 1.165) is 0 Å². The van der Waals surface area contributed by atoms with Crippen molar-refractivity contribution in [3.05, 3.63) is 0 Å². The average molecular weight is 322 g/mol. The maximum absolute atomic E-state index is 9.63.